The Morgan fingerprint density at radius 1 is 0.935 bits per heavy atom. The third-order valence-electron chi connectivity index (χ3n) is 4.36. The molecule has 0 fully saturated rings. The normalized spacial score (nSPS) is 13.0. The second-order valence-corrected chi connectivity index (χ2v) is 6.42. The first-order chi connectivity index (χ1) is 14.5. The van der Waals surface area contributed by atoms with E-state index in [1.54, 1.807) is 0 Å². The van der Waals surface area contributed by atoms with Crippen molar-refractivity contribution in [2.45, 2.75) is 18.4 Å². The summed E-state index contributed by atoms with van der Waals surface area (Å²) in [6.07, 6.45) is -5.90. The van der Waals surface area contributed by atoms with Crippen LogP contribution in [0, 0.1) is 0 Å². The van der Waals surface area contributed by atoms with Gasteiger partial charge in [0.15, 0.2) is 0 Å². The summed E-state index contributed by atoms with van der Waals surface area (Å²) >= 11 is 0. The van der Waals surface area contributed by atoms with Crippen LogP contribution in [0.25, 0.3) is 0 Å². The summed E-state index contributed by atoms with van der Waals surface area (Å²) in [5, 5.41) is 2.39. The number of nitrogens with zero attached hydrogens (tertiary/aromatic N) is 2. The van der Waals surface area contributed by atoms with Gasteiger partial charge in [0.05, 0.1) is 40.3 Å². The lowest BCUT2D eigenvalue weighted by molar-refractivity contribution is -0.139. The Bertz CT molecular complexity index is 1080. The van der Waals surface area contributed by atoms with Crippen LogP contribution >= 0.6 is 0 Å². The van der Waals surface area contributed by atoms with Crippen LogP contribution in [0.3, 0.4) is 0 Å². The number of amides is 1. The zero-order chi connectivity index (χ0) is 22.8. The number of nitrogens with two attached hydrogens (primary N) is 1. The topological polar surface area (TPSA) is 80.9 Å². The largest absolute Gasteiger partial charge is 0.418 e. The van der Waals surface area contributed by atoms with Gasteiger partial charge in [-0.3, -0.25) is 14.8 Å². The lowest BCUT2D eigenvalue weighted by atomic mass is 9.97. The van der Waals surface area contributed by atoms with Crippen molar-refractivity contribution in [3.05, 3.63) is 89.0 Å². The van der Waals surface area contributed by atoms with Crippen molar-refractivity contribution in [3.63, 3.8) is 0 Å². The maximum atomic E-state index is 13.5. The molecule has 0 saturated heterocycles. The van der Waals surface area contributed by atoms with Crippen LogP contribution in [-0.4, -0.2) is 15.9 Å². The number of nitrogen functional groups attached to an aromatic ring is 1. The Morgan fingerprint density at radius 3 is 2.19 bits per heavy atom. The Labute approximate surface area is 171 Å². The quantitative estimate of drug-likeness (QED) is 0.581. The van der Waals surface area contributed by atoms with Gasteiger partial charge in [0.2, 0.25) is 0 Å². The van der Waals surface area contributed by atoms with Crippen molar-refractivity contribution in [3.8, 4) is 0 Å². The maximum absolute atomic E-state index is 13.5. The molecule has 0 saturated carbocycles. The van der Waals surface area contributed by atoms with E-state index in [1.165, 1.54) is 18.5 Å². The molecular formula is C20H14F6N4O. The number of alkyl halides is 6. The van der Waals surface area contributed by atoms with E-state index in [0.717, 1.165) is 30.5 Å². The monoisotopic (exact) mass is 440 g/mol. The highest BCUT2D eigenvalue weighted by atomic mass is 19.4. The molecule has 0 aliphatic heterocycles. The van der Waals surface area contributed by atoms with Crippen LogP contribution in [0.5, 0.6) is 0 Å². The predicted octanol–water partition coefficient (Wildman–Crippen LogP) is 4.62. The van der Waals surface area contributed by atoms with Gasteiger partial charge in [-0.25, -0.2) is 0 Å². The molecule has 0 unspecified atom stereocenters. The molecule has 0 aliphatic carbocycles. The van der Waals surface area contributed by atoms with E-state index in [-0.39, 0.29) is 16.8 Å². The van der Waals surface area contributed by atoms with E-state index in [2.05, 4.69) is 15.3 Å². The van der Waals surface area contributed by atoms with Crippen LogP contribution in [0.2, 0.25) is 0 Å². The highest BCUT2D eigenvalue weighted by molar-refractivity contribution is 5.99. The molecule has 2 heterocycles. The Hall–Kier alpha value is -3.63. The van der Waals surface area contributed by atoms with Crippen molar-refractivity contribution >= 4 is 11.6 Å². The molecule has 3 aromatic rings. The number of carbonyl (C=O) groups excluding carboxylic acids is 1. The zero-order valence-corrected chi connectivity index (χ0v) is 15.5. The number of hydrogen-bond acceptors (Lipinski definition) is 4. The Kier molecular flexibility index (Phi) is 5.87. The molecule has 0 aliphatic rings. The molecule has 2 aromatic heterocycles. The van der Waals surface area contributed by atoms with Gasteiger partial charge >= 0.3 is 12.4 Å². The van der Waals surface area contributed by atoms with E-state index in [0.29, 0.717) is 12.1 Å². The molecule has 3 N–H and O–H groups in total. The van der Waals surface area contributed by atoms with Gasteiger partial charge in [0.1, 0.15) is 0 Å². The molecule has 1 aromatic carbocycles. The minimum absolute atomic E-state index is 0.0248. The number of aromatic nitrogens is 2. The number of carbonyl (C=O) groups is 1. The molecule has 3 rings (SSSR count). The minimum atomic E-state index is -4.81. The van der Waals surface area contributed by atoms with E-state index in [9.17, 15) is 31.1 Å². The molecule has 11 heteroatoms. The number of pyridine rings is 2. The van der Waals surface area contributed by atoms with Gasteiger partial charge in [0.25, 0.3) is 5.91 Å². The van der Waals surface area contributed by atoms with Gasteiger partial charge < -0.3 is 11.1 Å². The van der Waals surface area contributed by atoms with Crippen LogP contribution < -0.4 is 11.1 Å². The van der Waals surface area contributed by atoms with Gasteiger partial charge in [-0.2, -0.15) is 26.3 Å². The number of rotatable bonds is 4. The molecule has 162 valence electrons. The van der Waals surface area contributed by atoms with Crippen molar-refractivity contribution in [1.82, 2.24) is 15.3 Å². The predicted molar refractivity (Wildman–Crippen MR) is 98.6 cm³/mol. The van der Waals surface area contributed by atoms with Crippen molar-refractivity contribution < 1.29 is 31.1 Å². The second-order valence-electron chi connectivity index (χ2n) is 6.42. The Morgan fingerprint density at radius 2 is 1.61 bits per heavy atom. The summed E-state index contributed by atoms with van der Waals surface area (Å²) in [7, 11) is 0. The van der Waals surface area contributed by atoms with E-state index in [4.69, 9.17) is 5.73 Å². The van der Waals surface area contributed by atoms with Gasteiger partial charge in [0, 0.05) is 12.4 Å². The van der Waals surface area contributed by atoms with Crippen LogP contribution in [-0.2, 0) is 12.4 Å². The first-order valence-corrected chi connectivity index (χ1v) is 8.68. The van der Waals surface area contributed by atoms with Crippen LogP contribution in [0.4, 0.5) is 32.0 Å². The van der Waals surface area contributed by atoms with Crippen molar-refractivity contribution in [1.29, 1.82) is 0 Å². The number of hydrogen-bond donors (Lipinski definition) is 2. The zero-order valence-electron chi connectivity index (χ0n) is 15.5. The highest BCUT2D eigenvalue weighted by Crippen LogP contribution is 2.36. The second kappa shape index (κ2) is 8.25. The molecule has 1 amide bonds. The fourth-order valence-corrected chi connectivity index (χ4v) is 2.88. The number of benzene rings is 1. The molecule has 0 bridgehead atoms. The minimum Gasteiger partial charge on any atom is -0.397 e. The summed E-state index contributed by atoms with van der Waals surface area (Å²) in [6, 6.07) is 5.00. The maximum Gasteiger partial charge on any atom is 0.418 e. The first kappa shape index (κ1) is 22.1. The first-order valence-electron chi connectivity index (χ1n) is 8.68. The average molecular weight is 440 g/mol. The molecule has 1 atom stereocenters. The summed E-state index contributed by atoms with van der Waals surface area (Å²) in [6.45, 7) is 0. The average Bonchev–Trinajstić information content (AvgIpc) is 2.71. The summed E-state index contributed by atoms with van der Waals surface area (Å²) in [4.78, 5) is 20.2. The highest BCUT2D eigenvalue weighted by Gasteiger charge is 2.37. The lowest BCUT2D eigenvalue weighted by Gasteiger charge is -2.23. The Balaban J connectivity index is 2.09. The summed E-state index contributed by atoms with van der Waals surface area (Å²) in [5.41, 5.74) is 2.89. The third kappa shape index (κ3) is 4.93. The molecule has 0 radical (unpaired) electrons. The number of anilines is 1. The van der Waals surface area contributed by atoms with Crippen LogP contribution in [0.15, 0.2) is 61.1 Å². The van der Waals surface area contributed by atoms with E-state index >= 15 is 0 Å². The number of nitrogens with one attached hydrogen (secondary N) is 1. The molecule has 31 heavy (non-hydrogen) atoms. The molecule has 5 nitrogen and oxygen atoms in total. The fraction of sp³-hybridized carbons (Fsp3) is 0.150. The van der Waals surface area contributed by atoms with E-state index < -0.39 is 41.1 Å². The summed E-state index contributed by atoms with van der Waals surface area (Å²) < 4.78 is 79.3. The standard InChI is InChI=1S/C20H14F6N4O/c21-19(22,23)12-5-3-11(4-6-12)16(17-14(20(24,25)26)2-1-8-29-17)30-18(31)13-7-9-28-10-15(13)27/h1-10,16H,27H2,(H,30,31)/t16-/m0/s1. The van der Waals surface area contributed by atoms with Gasteiger partial charge in [-0.1, -0.05) is 12.1 Å². The lowest BCUT2D eigenvalue weighted by Crippen LogP contribution is -2.32. The smallest absolute Gasteiger partial charge is 0.397 e. The van der Waals surface area contributed by atoms with Gasteiger partial charge in [-0.15, -0.1) is 0 Å². The summed E-state index contributed by atoms with van der Waals surface area (Å²) in [5.74, 6) is -0.844. The number of halogens is 6. The van der Waals surface area contributed by atoms with Crippen LogP contribution in [0.1, 0.15) is 38.8 Å². The molecular weight excluding hydrogens is 426 g/mol. The fourth-order valence-electron chi connectivity index (χ4n) is 2.88. The SMILES string of the molecule is Nc1cnccc1C(=O)N[C@@H](c1ccc(C(F)(F)F)cc1)c1ncccc1C(F)(F)F. The van der Waals surface area contributed by atoms with E-state index in [1.807, 2.05) is 0 Å². The van der Waals surface area contributed by atoms with Crippen molar-refractivity contribution in [2.75, 3.05) is 5.73 Å². The molecule has 0 spiro atoms. The third-order valence-corrected chi connectivity index (χ3v) is 4.36. The van der Waals surface area contributed by atoms with Crippen molar-refractivity contribution in [2.24, 2.45) is 0 Å². The van der Waals surface area contributed by atoms with Gasteiger partial charge in [-0.05, 0) is 35.9 Å².